The molecule has 0 bridgehead atoms. The molecule has 34 heavy (non-hydrogen) atoms. The standard InChI is InChI=1S/C24H27N5O3S2/c1-15-20(16(2)29(27-15)18-9-10-34(31,32)14-18)12-28(3)13-22-25-23(30)19-11-21(33-24(19)26-22)17-7-5-4-6-8-17/h4-8,11,18H,9-10,12-14H2,1-3H3,(H,25,26,30)/t18-/m1/s1. The molecule has 3 aromatic heterocycles. The second-order valence-electron chi connectivity index (χ2n) is 9.03. The summed E-state index contributed by atoms with van der Waals surface area (Å²) in [6.45, 7) is 5.06. The Labute approximate surface area is 202 Å². The van der Waals surface area contributed by atoms with E-state index in [1.807, 2.05) is 62.0 Å². The van der Waals surface area contributed by atoms with Crippen LogP contribution in [-0.2, 0) is 22.9 Å². The summed E-state index contributed by atoms with van der Waals surface area (Å²) in [5, 5.41) is 5.26. The Morgan fingerprint density at radius 3 is 2.68 bits per heavy atom. The highest BCUT2D eigenvalue weighted by atomic mass is 32.2. The normalized spacial score (nSPS) is 17.7. The van der Waals surface area contributed by atoms with Crippen LogP contribution in [-0.4, -0.2) is 51.6 Å². The summed E-state index contributed by atoms with van der Waals surface area (Å²) in [7, 11) is -1.00. The number of hydrogen-bond donors (Lipinski definition) is 1. The zero-order valence-corrected chi connectivity index (χ0v) is 21.0. The Bertz CT molecular complexity index is 1520. The summed E-state index contributed by atoms with van der Waals surface area (Å²) in [6, 6.07) is 11.8. The average molecular weight is 498 g/mol. The number of fused-ring (bicyclic) bond motifs is 1. The molecule has 4 heterocycles. The first-order valence-electron chi connectivity index (χ1n) is 11.2. The second kappa shape index (κ2) is 8.75. The first kappa shape index (κ1) is 22.9. The van der Waals surface area contributed by atoms with Crippen LogP contribution in [0, 0.1) is 13.8 Å². The van der Waals surface area contributed by atoms with Crippen LogP contribution in [0.3, 0.4) is 0 Å². The Hall–Kier alpha value is -2.82. The lowest BCUT2D eigenvalue weighted by molar-refractivity contribution is 0.309. The predicted octanol–water partition coefficient (Wildman–Crippen LogP) is 3.46. The lowest BCUT2D eigenvalue weighted by Crippen LogP contribution is -2.22. The van der Waals surface area contributed by atoms with Crippen molar-refractivity contribution >= 4 is 31.4 Å². The van der Waals surface area contributed by atoms with Gasteiger partial charge in [-0.05, 0) is 38.9 Å². The van der Waals surface area contributed by atoms with Crippen molar-refractivity contribution in [3.8, 4) is 10.4 Å². The number of aryl methyl sites for hydroxylation is 1. The van der Waals surface area contributed by atoms with E-state index in [9.17, 15) is 13.2 Å². The number of rotatable bonds is 6. The number of H-pyrrole nitrogens is 1. The third kappa shape index (κ3) is 4.45. The molecular weight excluding hydrogens is 470 g/mol. The largest absolute Gasteiger partial charge is 0.309 e. The van der Waals surface area contributed by atoms with Crippen LogP contribution in [0.25, 0.3) is 20.7 Å². The van der Waals surface area contributed by atoms with E-state index in [0.29, 0.717) is 30.7 Å². The van der Waals surface area contributed by atoms with Crippen LogP contribution < -0.4 is 5.56 Å². The summed E-state index contributed by atoms with van der Waals surface area (Å²) in [5.41, 5.74) is 3.92. The van der Waals surface area contributed by atoms with Gasteiger partial charge in [-0.25, -0.2) is 13.4 Å². The molecule has 0 aliphatic carbocycles. The molecule has 1 aromatic carbocycles. The number of aromatic nitrogens is 4. The smallest absolute Gasteiger partial charge is 0.259 e. The molecule has 0 saturated carbocycles. The van der Waals surface area contributed by atoms with Crippen molar-refractivity contribution in [3.05, 3.63) is 69.5 Å². The Kier molecular flexibility index (Phi) is 5.91. The van der Waals surface area contributed by atoms with E-state index < -0.39 is 9.84 Å². The maximum absolute atomic E-state index is 12.7. The number of nitrogens with zero attached hydrogens (tertiary/aromatic N) is 4. The van der Waals surface area contributed by atoms with Crippen LogP contribution >= 0.6 is 11.3 Å². The first-order chi connectivity index (χ1) is 16.2. The van der Waals surface area contributed by atoms with Gasteiger partial charge in [-0.1, -0.05) is 30.3 Å². The van der Waals surface area contributed by atoms with Crippen LogP contribution in [0.2, 0.25) is 0 Å². The SMILES string of the molecule is Cc1nn([C@@H]2CCS(=O)(=O)C2)c(C)c1CN(C)Cc1nc2sc(-c3ccccc3)cc2c(=O)[nH]1. The maximum atomic E-state index is 12.7. The number of benzene rings is 1. The van der Waals surface area contributed by atoms with Gasteiger partial charge in [-0.3, -0.25) is 14.4 Å². The van der Waals surface area contributed by atoms with Crippen molar-refractivity contribution < 1.29 is 8.42 Å². The molecule has 1 atom stereocenters. The predicted molar refractivity (Wildman–Crippen MR) is 135 cm³/mol. The summed E-state index contributed by atoms with van der Waals surface area (Å²) >= 11 is 1.52. The topological polar surface area (TPSA) is 101 Å². The minimum absolute atomic E-state index is 0.0965. The summed E-state index contributed by atoms with van der Waals surface area (Å²) in [6.07, 6.45) is 0.608. The quantitative estimate of drug-likeness (QED) is 0.438. The van der Waals surface area contributed by atoms with Crippen LogP contribution in [0.5, 0.6) is 0 Å². The molecule has 8 nitrogen and oxygen atoms in total. The Morgan fingerprint density at radius 2 is 1.97 bits per heavy atom. The number of aromatic amines is 1. The van der Waals surface area contributed by atoms with E-state index in [-0.39, 0.29) is 23.1 Å². The van der Waals surface area contributed by atoms with E-state index in [4.69, 9.17) is 4.98 Å². The maximum Gasteiger partial charge on any atom is 0.259 e. The molecule has 10 heteroatoms. The highest BCUT2D eigenvalue weighted by Crippen LogP contribution is 2.31. The van der Waals surface area contributed by atoms with Gasteiger partial charge in [-0.15, -0.1) is 11.3 Å². The molecule has 1 fully saturated rings. The first-order valence-corrected chi connectivity index (χ1v) is 13.9. The van der Waals surface area contributed by atoms with Crippen LogP contribution in [0.1, 0.15) is 35.2 Å². The summed E-state index contributed by atoms with van der Waals surface area (Å²) in [5.74, 6) is 0.994. The lowest BCUT2D eigenvalue weighted by Gasteiger charge is -2.17. The highest BCUT2D eigenvalue weighted by molar-refractivity contribution is 7.91. The van der Waals surface area contributed by atoms with E-state index in [2.05, 4.69) is 15.0 Å². The molecule has 1 aliphatic rings. The van der Waals surface area contributed by atoms with Gasteiger partial charge in [-0.2, -0.15) is 5.10 Å². The third-order valence-corrected chi connectivity index (χ3v) is 9.21. The van der Waals surface area contributed by atoms with E-state index in [1.165, 1.54) is 11.3 Å². The molecular formula is C24H27N5O3S2. The van der Waals surface area contributed by atoms with Crippen molar-refractivity contribution in [2.24, 2.45) is 0 Å². The lowest BCUT2D eigenvalue weighted by atomic mass is 10.1. The van der Waals surface area contributed by atoms with Crippen LogP contribution in [0.15, 0.2) is 41.2 Å². The molecule has 1 saturated heterocycles. The van der Waals surface area contributed by atoms with Gasteiger partial charge in [0.05, 0.1) is 35.2 Å². The van der Waals surface area contributed by atoms with Crippen molar-refractivity contribution in [3.63, 3.8) is 0 Å². The van der Waals surface area contributed by atoms with Crippen molar-refractivity contribution in [1.29, 1.82) is 0 Å². The van der Waals surface area contributed by atoms with Gasteiger partial charge in [0.15, 0.2) is 9.84 Å². The van der Waals surface area contributed by atoms with Gasteiger partial charge in [0.25, 0.3) is 5.56 Å². The highest BCUT2D eigenvalue weighted by Gasteiger charge is 2.31. The fourth-order valence-corrected chi connectivity index (χ4v) is 7.38. The van der Waals surface area contributed by atoms with Gasteiger partial charge >= 0.3 is 0 Å². The van der Waals surface area contributed by atoms with Gasteiger partial charge < -0.3 is 4.98 Å². The summed E-state index contributed by atoms with van der Waals surface area (Å²) in [4.78, 5) is 24.2. The third-order valence-electron chi connectivity index (χ3n) is 6.39. The molecule has 1 N–H and O–H groups in total. The monoisotopic (exact) mass is 497 g/mol. The average Bonchev–Trinajstić information content (AvgIpc) is 3.46. The van der Waals surface area contributed by atoms with Crippen molar-refractivity contribution in [1.82, 2.24) is 24.6 Å². The molecule has 178 valence electrons. The Morgan fingerprint density at radius 1 is 1.21 bits per heavy atom. The number of nitrogens with one attached hydrogen (secondary N) is 1. The number of hydrogen-bond acceptors (Lipinski definition) is 7. The van der Waals surface area contributed by atoms with Gasteiger partial charge in [0.1, 0.15) is 10.7 Å². The fourth-order valence-electron chi connectivity index (χ4n) is 4.63. The van der Waals surface area contributed by atoms with Crippen LogP contribution in [0.4, 0.5) is 0 Å². The van der Waals surface area contributed by atoms with E-state index in [1.54, 1.807) is 0 Å². The molecule has 4 aromatic rings. The zero-order valence-electron chi connectivity index (χ0n) is 19.4. The van der Waals surface area contributed by atoms with E-state index >= 15 is 0 Å². The molecule has 0 unspecified atom stereocenters. The molecule has 0 radical (unpaired) electrons. The second-order valence-corrected chi connectivity index (χ2v) is 12.3. The summed E-state index contributed by atoms with van der Waals surface area (Å²) < 4.78 is 25.7. The minimum atomic E-state index is -2.98. The zero-order chi connectivity index (χ0) is 24.0. The van der Waals surface area contributed by atoms with Gasteiger partial charge in [0, 0.05) is 22.7 Å². The molecule has 1 aliphatic heterocycles. The Balaban J connectivity index is 1.35. The molecule has 5 rings (SSSR count). The van der Waals surface area contributed by atoms with Crippen molar-refractivity contribution in [2.45, 2.75) is 39.4 Å². The number of thiophene rings is 1. The number of sulfone groups is 1. The van der Waals surface area contributed by atoms with Gasteiger partial charge in [0.2, 0.25) is 0 Å². The fraction of sp³-hybridized carbons (Fsp3) is 0.375. The van der Waals surface area contributed by atoms with Crippen molar-refractivity contribution in [2.75, 3.05) is 18.6 Å². The minimum Gasteiger partial charge on any atom is -0.309 e. The molecule has 0 spiro atoms. The molecule has 0 amide bonds. The van der Waals surface area contributed by atoms with E-state index in [0.717, 1.165) is 32.2 Å².